The van der Waals surface area contributed by atoms with Gasteiger partial charge < -0.3 is 4.74 Å². The molecule has 10 heteroatoms. The van der Waals surface area contributed by atoms with Crippen LogP contribution in [-0.4, -0.2) is 74.7 Å². The van der Waals surface area contributed by atoms with Crippen LogP contribution < -0.4 is 5.48 Å². The van der Waals surface area contributed by atoms with Gasteiger partial charge in [0.05, 0.1) is 18.1 Å². The molecule has 0 aromatic heterocycles. The van der Waals surface area contributed by atoms with E-state index in [0.29, 0.717) is 19.8 Å². The summed E-state index contributed by atoms with van der Waals surface area (Å²) in [5, 5.41) is 8.78. The smallest absolute Gasteiger partial charge is 0.244 e. The van der Waals surface area contributed by atoms with Crippen molar-refractivity contribution < 1.29 is 23.2 Å². The fourth-order valence-electron chi connectivity index (χ4n) is 3.28. The average molecular weight is 480 g/mol. The van der Waals surface area contributed by atoms with Gasteiger partial charge in [-0.3, -0.25) is 14.9 Å². The number of carbonyl (C=O) groups excluding carboxylic acids is 1. The summed E-state index contributed by atoms with van der Waals surface area (Å²) in [7, 11) is -3.80. The molecule has 1 amide bonds. The van der Waals surface area contributed by atoms with Gasteiger partial charge in [-0.05, 0) is 43.3 Å². The SMILES string of the molecule is Cc1ccc(Sc2ccc(S(=O)(=O)N(CCC(=O)NO)CCN3CCOCC3)cc2)cc1. The molecule has 0 spiro atoms. The van der Waals surface area contributed by atoms with E-state index in [9.17, 15) is 13.2 Å². The van der Waals surface area contributed by atoms with E-state index < -0.39 is 15.9 Å². The fraction of sp³-hybridized carbons (Fsp3) is 0.409. The molecular formula is C22H29N3O5S2. The Morgan fingerprint density at radius 3 is 2.25 bits per heavy atom. The highest BCUT2D eigenvalue weighted by molar-refractivity contribution is 7.99. The van der Waals surface area contributed by atoms with Crippen LogP contribution in [0.2, 0.25) is 0 Å². The summed E-state index contributed by atoms with van der Waals surface area (Å²) >= 11 is 1.56. The number of hydrogen-bond acceptors (Lipinski definition) is 7. The van der Waals surface area contributed by atoms with E-state index in [0.717, 1.165) is 22.9 Å². The Bertz CT molecular complexity index is 976. The molecule has 0 bridgehead atoms. The number of morpholine rings is 1. The Balaban J connectivity index is 1.71. The molecule has 8 nitrogen and oxygen atoms in total. The number of ether oxygens (including phenoxy) is 1. The van der Waals surface area contributed by atoms with Gasteiger partial charge in [-0.2, -0.15) is 4.31 Å². The summed E-state index contributed by atoms with van der Waals surface area (Å²) in [5.41, 5.74) is 2.74. The Labute approximate surface area is 193 Å². The number of sulfonamides is 1. The fourth-order valence-corrected chi connectivity index (χ4v) is 5.53. The van der Waals surface area contributed by atoms with Gasteiger partial charge in [-0.15, -0.1) is 0 Å². The van der Waals surface area contributed by atoms with Crippen LogP contribution in [0.4, 0.5) is 0 Å². The largest absolute Gasteiger partial charge is 0.379 e. The molecule has 2 N–H and O–H groups in total. The first-order valence-electron chi connectivity index (χ1n) is 10.5. The number of amides is 1. The first-order valence-corrected chi connectivity index (χ1v) is 12.7. The molecule has 3 rings (SSSR count). The zero-order chi connectivity index (χ0) is 23.0. The van der Waals surface area contributed by atoms with Crippen molar-refractivity contribution in [3.8, 4) is 0 Å². The van der Waals surface area contributed by atoms with Crippen molar-refractivity contribution in [3.63, 3.8) is 0 Å². The van der Waals surface area contributed by atoms with Crippen LogP contribution >= 0.6 is 11.8 Å². The molecule has 0 saturated carbocycles. The molecule has 1 saturated heterocycles. The Hall–Kier alpha value is -1.95. The Kier molecular flexibility index (Phi) is 9.09. The summed E-state index contributed by atoms with van der Waals surface area (Å²) in [4.78, 5) is 15.8. The molecule has 1 fully saturated rings. The number of nitrogens with zero attached hydrogens (tertiary/aromatic N) is 2. The highest BCUT2D eigenvalue weighted by Gasteiger charge is 2.26. The first-order chi connectivity index (χ1) is 15.4. The quantitative estimate of drug-likeness (QED) is 0.399. The summed E-state index contributed by atoms with van der Waals surface area (Å²) in [6.07, 6.45) is -0.125. The highest BCUT2D eigenvalue weighted by Crippen LogP contribution is 2.29. The molecule has 1 aliphatic heterocycles. The van der Waals surface area contributed by atoms with Gasteiger partial charge in [0.25, 0.3) is 0 Å². The molecular weight excluding hydrogens is 450 g/mol. The lowest BCUT2D eigenvalue weighted by molar-refractivity contribution is -0.129. The van der Waals surface area contributed by atoms with E-state index >= 15 is 0 Å². The monoisotopic (exact) mass is 479 g/mol. The van der Waals surface area contributed by atoms with Crippen molar-refractivity contribution in [1.82, 2.24) is 14.7 Å². The normalized spacial score (nSPS) is 15.1. The van der Waals surface area contributed by atoms with Crippen LogP contribution in [0.15, 0.2) is 63.2 Å². The minimum absolute atomic E-state index is 0.0149. The second-order valence-electron chi connectivity index (χ2n) is 7.53. The molecule has 2 aromatic carbocycles. The molecule has 0 unspecified atom stereocenters. The number of carbonyl (C=O) groups is 1. The molecule has 174 valence electrons. The third kappa shape index (κ3) is 7.03. The van der Waals surface area contributed by atoms with Gasteiger partial charge in [0.15, 0.2) is 0 Å². The zero-order valence-electron chi connectivity index (χ0n) is 18.1. The van der Waals surface area contributed by atoms with Crippen LogP contribution in [0.5, 0.6) is 0 Å². The molecule has 2 aromatic rings. The third-order valence-corrected chi connectivity index (χ3v) is 8.13. The van der Waals surface area contributed by atoms with E-state index in [-0.39, 0.29) is 24.4 Å². The number of rotatable bonds is 10. The molecule has 0 radical (unpaired) electrons. The van der Waals surface area contributed by atoms with E-state index in [4.69, 9.17) is 9.94 Å². The molecule has 0 aliphatic carbocycles. The van der Waals surface area contributed by atoms with E-state index in [2.05, 4.69) is 4.90 Å². The van der Waals surface area contributed by atoms with Gasteiger partial charge in [-0.1, -0.05) is 29.5 Å². The van der Waals surface area contributed by atoms with Gasteiger partial charge in [0, 0.05) is 48.9 Å². The molecule has 1 heterocycles. The standard InChI is InChI=1S/C22H29N3O5S2/c1-18-2-4-19(5-3-18)31-20-6-8-21(9-7-20)32(28,29)25(11-10-22(26)23-27)13-12-24-14-16-30-17-15-24/h2-9,27H,10-17H2,1H3,(H,23,26). The topological polar surface area (TPSA) is 99.2 Å². The zero-order valence-corrected chi connectivity index (χ0v) is 19.7. The van der Waals surface area contributed by atoms with Crippen molar-refractivity contribution >= 4 is 27.7 Å². The van der Waals surface area contributed by atoms with Crippen molar-refractivity contribution in [1.29, 1.82) is 0 Å². The third-order valence-electron chi connectivity index (χ3n) is 5.20. The summed E-state index contributed by atoms with van der Waals surface area (Å²) in [6.45, 7) is 5.55. The molecule has 0 atom stereocenters. The van der Waals surface area contributed by atoms with Crippen LogP contribution in [0.25, 0.3) is 0 Å². The lowest BCUT2D eigenvalue weighted by Crippen LogP contribution is -2.43. The van der Waals surface area contributed by atoms with Gasteiger partial charge >= 0.3 is 0 Å². The predicted molar refractivity (Wildman–Crippen MR) is 122 cm³/mol. The lowest BCUT2D eigenvalue weighted by atomic mass is 10.2. The number of aryl methyl sites for hydroxylation is 1. The minimum atomic E-state index is -3.80. The summed E-state index contributed by atoms with van der Waals surface area (Å²) in [5.74, 6) is -0.624. The van der Waals surface area contributed by atoms with E-state index in [1.54, 1.807) is 41.5 Å². The highest BCUT2D eigenvalue weighted by atomic mass is 32.2. The first kappa shape index (κ1) is 24.7. The lowest BCUT2D eigenvalue weighted by Gasteiger charge is -2.29. The number of nitrogens with one attached hydrogen (secondary N) is 1. The van der Waals surface area contributed by atoms with E-state index in [1.807, 2.05) is 31.2 Å². The average Bonchev–Trinajstić information content (AvgIpc) is 2.81. The van der Waals surface area contributed by atoms with Crippen LogP contribution in [0.1, 0.15) is 12.0 Å². The maximum Gasteiger partial charge on any atom is 0.244 e. The second-order valence-corrected chi connectivity index (χ2v) is 10.6. The van der Waals surface area contributed by atoms with Crippen molar-refractivity contribution in [2.24, 2.45) is 0 Å². The van der Waals surface area contributed by atoms with Crippen LogP contribution in [0, 0.1) is 6.92 Å². The van der Waals surface area contributed by atoms with Crippen molar-refractivity contribution in [3.05, 3.63) is 54.1 Å². The predicted octanol–water partition coefficient (Wildman–Crippen LogP) is 2.36. The van der Waals surface area contributed by atoms with E-state index in [1.165, 1.54) is 9.87 Å². The maximum absolute atomic E-state index is 13.3. The van der Waals surface area contributed by atoms with Gasteiger partial charge in [0.2, 0.25) is 15.9 Å². The molecule has 1 aliphatic rings. The van der Waals surface area contributed by atoms with Crippen molar-refractivity contribution in [2.75, 3.05) is 45.9 Å². The number of hydrogen-bond donors (Lipinski definition) is 2. The minimum Gasteiger partial charge on any atom is -0.379 e. The Morgan fingerprint density at radius 1 is 1.06 bits per heavy atom. The Morgan fingerprint density at radius 2 is 1.66 bits per heavy atom. The molecule has 32 heavy (non-hydrogen) atoms. The summed E-state index contributed by atoms with van der Waals surface area (Å²) in [6, 6.07) is 14.9. The van der Waals surface area contributed by atoms with Gasteiger partial charge in [-0.25, -0.2) is 13.9 Å². The van der Waals surface area contributed by atoms with Gasteiger partial charge in [0.1, 0.15) is 0 Å². The van der Waals surface area contributed by atoms with Crippen LogP contribution in [0.3, 0.4) is 0 Å². The number of hydroxylamine groups is 1. The summed E-state index contributed by atoms with van der Waals surface area (Å²) < 4.78 is 33.2. The number of benzene rings is 2. The second kappa shape index (κ2) is 11.8. The maximum atomic E-state index is 13.3. The van der Waals surface area contributed by atoms with Crippen molar-refractivity contribution in [2.45, 2.75) is 28.0 Å². The van der Waals surface area contributed by atoms with Crippen LogP contribution in [-0.2, 0) is 19.6 Å².